The topological polar surface area (TPSA) is 58.4 Å². The first-order chi connectivity index (χ1) is 8.99. The van der Waals surface area contributed by atoms with E-state index < -0.39 is 0 Å². The van der Waals surface area contributed by atoms with Crippen LogP contribution in [0.3, 0.4) is 0 Å². The number of benzene rings is 1. The highest BCUT2D eigenvalue weighted by molar-refractivity contribution is 7.80. The van der Waals surface area contributed by atoms with Gasteiger partial charge in [0.05, 0.1) is 11.5 Å². The molecule has 0 aromatic heterocycles. The summed E-state index contributed by atoms with van der Waals surface area (Å²) in [5, 5.41) is 2.89. The molecule has 3 N–H and O–H groups in total. The molecule has 1 aromatic rings. The van der Waals surface area contributed by atoms with Gasteiger partial charge in [-0.3, -0.25) is 9.69 Å². The van der Waals surface area contributed by atoms with Gasteiger partial charge in [-0.1, -0.05) is 49.5 Å². The first kappa shape index (κ1) is 15.6. The van der Waals surface area contributed by atoms with Crippen LogP contribution in [0.5, 0.6) is 0 Å². The normalized spacial score (nSPS) is 12.2. The van der Waals surface area contributed by atoms with E-state index in [2.05, 4.69) is 5.32 Å². The third kappa shape index (κ3) is 6.31. The van der Waals surface area contributed by atoms with Crippen LogP contribution in [0.15, 0.2) is 30.3 Å². The van der Waals surface area contributed by atoms with Gasteiger partial charge < -0.3 is 11.1 Å². The number of likely N-dealkylation sites (N-methyl/N-ethyl adjacent to an activating group) is 1. The molecule has 0 radical (unpaired) electrons. The number of hydrogen-bond donors (Lipinski definition) is 2. The zero-order valence-corrected chi connectivity index (χ0v) is 12.2. The zero-order valence-electron chi connectivity index (χ0n) is 11.4. The van der Waals surface area contributed by atoms with Crippen LogP contribution < -0.4 is 11.1 Å². The molecule has 0 spiro atoms. The summed E-state index contributed by atoms with van der Waals surface area (Å²) in [5.41, 5.74) is 6.65. The van der Waals surface area contributed by atoms with Crippen molar-refractivity contribution in [3.63, 3.8) is 0 Å². The van der Waals surface area contributed by atoms with Crippen LogP contribution in [0.4, 0.5) is 0 Å². The number of nitrogens with zero attached hydrogens (tertiary/aromatic N) is 1. The Morgan fingerprint density at radius 2 is 2.05 bits per heavy atom. The van der Waals surface area contributed by atoms with Crippen molar-refractivity contribution in [2.45, 2.75) is 13.5 Å². The van der Waals surface area contributed by atoms with Gasteiger partial charge in [0.25, 0.3) is 0 Å². The van der Waals surface area contributed by atoms with Gasteiger partial charge in [-0.15, -0.1) is 0 Å². The number of carbonyl (C=O) groups is 1. The minimum atomic E-state index is 0.00138. The summed E-state index contributed by atoms with van der Waals surface area (Å²) in [6.07, 6.45) is 0. The van der Waals surface area contributed by atoms with Crippen molar-refractivity contribution in [2.75, 3.05) is 20.1 Å². The predicted molar refractivity (Wildman–Crippen MR) is 81.7 cm³/mol. The van der Waals surface area contributed by atoms with E-state index in [1.165, 1.54) is 0 Å². The molecule has 0 aliphatic heterocycles. The van der Waals surface area contributed by atoms with Crippen molar-refractivity contribution in [3.05, 3.63) is 35.9 Å². The molecule has 104 valence electrons. The molecule has 1 atom stereocenters. The Kier molecular flexibility index (Phi) is 6.45. The maximum Gasteiger partial charge on any atom is 0.234 e. The number of rotatable bonds is 7. The Labute approximate surface area is 120 Å². The highest BCUT2D eigenvalue weighted by Crippen LogP contribution is 1.99. The maximum absolute atomic E-state index is 11.8. The van der Waals surface area contributed by atoms with Crippen molar-refractivity contribution in [3.8, 4) is 0 Å². The minimum Gasteiger partial charge on any atom is -0.393 e. The van der Waals surface area contributed by atoms with E-state index >= 15 is 0 Å². The molecule has 0 fully saturated rings. The Hall–Kier alpha value is -1.46. The van der Waals surface area contributed by atoms with Crippen molar-refractivity contribution in [2.24, 2.45) is 11.7 Å². The Balaban J connectivity index is 2.29. The van der Waals surface area contributed by atoms with Crippen LogP contribution in [0.25, 0.3) is 0 Å². The van der Waals surface area contributed by atoms with E-state index in [0.29, 0.717) is 24.6 Å². The third-order valence-corrected chi connectivity index (χ3v) is 3.22. The van der Waals surface area contributed by atoms with Crippen molar-refractivity contribution in [1.82, 2.24) is 10.2 Å². The quantitative estimate of drug-likeness (QED) is 0.735. The number of hydrogen-bond acceptors (Lipinski definition) is 3. The number of nitrogens with one attached hydrogen (secondary N) is 1. The molecule has 0 saturated carbocycles. The molecule has 19 heavy (non-hydrogen) atoms. The summed E-state index contributed by atoms with van der Waals surface area (Å²) < 4.78 is 0. The summed E-state index contributed by atoms with van der Waals surface area (Å²) in [5.74, 6) is 0.114. The molecule has 0 saturated heterocycles. The van der Waals surface area contributed by atoms with E-state index in [0.717, 1.165) is 5.56 Å². The highest BCUT2D eigenvalue weighted by atomic mass is 32.1. The van der Waals surface area contributed by atoms with Gasteiger partial charge in [0, 0.05) is 19.0 Å². The van der Waals surface area contributed by atoms with Crippen LogP contribution >= 0.6 is 12.2 Å². The lowest BCUT2D eigenvalue weighted by Crippen LogP contribution is -2.38. The van der Waals surface area contributed by atoms with Gasteiger partial charge in [0.15, 0.2) is 0 Å². The monoisotopic (exact) mass is 279 g/mol. The zero-order chi connectivity index (χ0) is 14.3. The average molecular weight is 279 g/mol. The summed E-state index contributed by atoms with van der Waals surface area (Å²) in [6.45, 7) is 3.55. The molecule has 0 aliphatic carbocycles. The van der Waals surface area contributed by atoms with Crippen LogP contribution in [0, 0.1) is 5.92 Å². The third-order valence-electron chi connectivity index (χ3n) is 2.82. The van der Waals surface area contributed by atoms with Crippen molar-refractivity contribution < 1.29 is 4.79 Å². The molecule has 0 aliphatic rings. The second kappa shape index (κ2) is 7.86. The molecule has 1 aromatic carbocycles. The number of carbonyl (C=O) groups excluding carboxylic acids is 1. The first-order valence-electron chi connectivity index (χ1n) is 6.27. The predicted octanol–water partition coefficient (Wildman–Crippen LogP) is 1.16. The van der Waals surface area contributed by atoms with E-state index in [4.69, 9.17) is 18.0 Å². The number of thiocarbonyl (C=S) groups is 1. The molecule has 1 unspecified atom stereocenters. The van der Waals surface area contributed by atoms with Crippen LogP contribution in [0.2, 0.25) is 0 Å². The summed E-state index contributed by atoms with van der Waals surface area (Å²) >= 11 is 4.92. The van der Waals surface area contributed by atoms with Gasteiger partial charge in [0.1, 0.15) is 0 Å². The smallest absolute Gasteiger partial charge is 0.234 e. The fraction of sp³-hybridized carbons (Fsp3) is 0.429. The van der Waals surface area contributed by atoms with Crippen LogP contribution in [-0.2, 0) is 11.3 Å². The Morgan fingerprint density at radius 1 is 1.42 bits per heavy atom. The largest absolute Gasteiger partial charge is 0.393 e. The molecule has 0 bridgehead atoms. The van der Waals surface area contributed by atoms with Crippen LogP contribution in [-0.4, -0.2) is 35.9 Å². The SMILES string of the molecule is CC(CN(C)CC(=O)NCc1ccccc1)C(N)=S. The van der Waals surface area contributed by atoms with E-state index in [1.807, 2.05) is 49.2 Å². The fourth-order valence-corrected chi connectivity index (χ4v) is 1.79. The number of nitrogens with two attached hydrogens (primary N) is 1. The molecule has 1 amide bonds. The van der Waals surface area contributed by atoms with E-state index in [9.17, 15) is 4.79 Å². The summed E-state index contributed by atoms with van der Waals surface area (Å²) in [4.78, 5) is 14.2. The average Bonchev–Trinajstić information content (AvgIpc) is 2.37. The van der Waals surface area contributed by atoms with Gasteiger partial charge in [0.2, 0.25) is 5.91 Å². The van der Waals surface area contributed by atoms with E-state index in [-0.39, 0.29) is 11.8 Å². The highest BCUT2D eigenvalue weighted by Gasteiger charge is 2.11. The van der Waals surface area contributed by atoms with Crippen LogP contribution in [0.1, 0.15) is 12.5 Å². The van der Waals surface area contributed by atoms with Gasteiger partial charge in [-0.05, 0) is 12.6 Å². The van der Waals surface area contributed by atoms with Crippen molar-refractivity contribution in [1.29, 1.82) is 0 Å². The molecule has 5 heteroatoms. The standard InChI is InChI=1S/C14H21N3OS/c1-11(14(15)19)9-17(2)10-13(18)16-8-12-6-4-3-5-7-12/h3-7,11H,8-10H2,1-2H3,(H2,15,19)(H,16,18). The van der Waals surface area contributed by atoms with Crippen molar-refractivity contribution >= 4 is 23.1 Å². The molecule has 4 nitrogen and oxygen atoms in total. The van der Waals surface area contributed by atoms with E-state index in [1.54, 1.807) is 0 Å². The number of amides is 1. The lowest BCUT2D eigenvalue weighted by atomic mass is 10.2. The molecule has 0 heterocycles. The second-order valence-electron chi connectivity index (χ2n) is 4.76. The Bertz CT molecular complexity index is 422. The fourth-order valence-electron chi connectivity index (χ4n) is 1.72. The first-order valence-corrected chi connectivity index (χ1v) is 6.68. The van der Waals surface area contributed by atoms with Gasteiger partial charge in [-0.2, -0.15) is 0 Å². The summed E-state index contributed by atoms with van der Waals surface area (Å²) in [7, 11) is 1.89. The lowest BCUT2D eigenvalue weighted by Gasteiger charge is -2.20. The summed E-state index contributed by atoms with van der Waals surface area (Å²) in [6, 6.07) is 9.84. The maximum atomic E-state index is 11.8. The molecular formula is C14H21N3OS. The van der Waals surface area contributed by atoms with Gasteiger partial charge >= 0.3 is 0 Å². The Morgan fingerprint density at radius 3 is 2.63 bits per heavy atom. The lowest BCUT2D eigenvalue weighted by molar-refractivity contribution is -0.122. The van der Waals surface area contributed by atoms with Gasteiger partial charge in [-0.25, -0.2) is 0 Å². The second-order valence-corrected chi connectivity index (χ2v) is 5.23. The minimum absolute atomic E-state index is 0.00138. The molecular weight excluding hydrogens is 258 g/mol. The molecule has 1 rings (SSSR count).